The smallest absolute Gasteiger partial charge is 0.295 e. The summed E-state index contributed by atoms with van der Waals surface area (Å²) in [5.41, 5.74) is 2.14. The molecule has 1 aliphatic heterocycles. The lowest BCUT2D eigenvalue weighted by Crippen LogP contribution is -2.28. The Bertz CT molecular complexity index is 1220. The number of rotatable bonds is 6. The minimum absolute atomic E-state index is 0.0683. The van der Waals surface area contributed by atoms with Crippen LogP contribution in [0.4, 0.5) is 0 Å². The Kier molecular flexibility index (Phi) is 6.58. The fraction of sp³-hybridized carbons (Fsp3) is 0.231. The molecule has 1 saturated heterocycles. The van der Waals surface area contributed by atoms with E-state index in [2.05, 4.69) is 0 Å². The summed E-state index contributed by atoms with van der Waals surface area (Å²) in [6.07, 6.45) is 0. The number of likely N-dealkylation sites (tertiary alicyclic amines) is 1. The number of amides is 1. The second kappa shape index (κ2) is 9.41. The van der Waals surface area contributed by atoms with E-state index in [0.29, 0.717) is 21.9 Å². The Morgan fingerprint density at radius 1 is 1.15 bits per heavy atom. The Hall–Kier alpha value is -3.09. The molecule has 170 valence electrons. The standard InChI is InChI=1S/C26H24ClNO4S/c1-15(2)20-13-17(8-11-21(20)32-3)24(29)22-23(16-6-9-18(27)10-7-16)28(26(31)25(22)30)14-19-5-4-12-33-19/h4-13,15,23,29H,14H2,1-3H3/b24-22-. The van der Waals surface area contributed by atoms with E-state index >= 15 is 0 Å². The molecule has 1 aliphatic rings. The van der Waals surface area contributed by atoms with Crippen molar-refractivity contribution in [3.8, 4) is 5.75 Å². The first kappa shape index (κ1) is 23.1. The molecule has 2 heterocycles. The van der Waals surface area contributed by atoms with Gasteiger partial charge in [-0.2, -0.15) is 0 Å². The molecule has 0 bridgehead atoms. The van der Waals surface area contributed by atoms with Crippen LogP contribution < -0.4 is 4.74 Å². The Morgan fingerprint density at radius 3 is 2.48 bits per heavy atom. The van der Waals surface area contributed by atoms with Crippen LogP contribution in [-0.2, 0) is 16.1 Å². The summed E-state index contributed by atoms with van der Waals surface area (Å²) in [5, 5.41) is 13.8. The van der Waals surface area contributed by atoms with Crippen LogP contribution >= 0.6 is 22.9 Å². The number of hydrogen-bond acceptors (Lipinski definition) is 5. The van der Waals surface area contributed by atoms with E-state index in [1.54, 1.807) is 43.5 Å². The molecule has 0 radical (unpaired) electrons. The number of aliphatic hydroxyl groups excluding tert-OH is 1. The summed E-state index contributed by atoms with van der Waals surface area (Å²) in [6.45, 7) is 4.32. The Balaban J connectivity index is 1.87. The summed E-state index contributed by atoms with van der Waals surface area (Å²) >= 11 is 7.59. The van der Waals surface area contributed by atoms with Gasteiger partial charge in [0, 0.05) is 15.5 Å². The zero-order chi connectivity index (χ0) is 23.7. The molecule has 1 atom stereocenters. The van der Waals surface area contributed by atoms with Gasteiger partial charge in [0.2, 0.25) is 0 Å². The van der Waals surface area contributed by atoms with Gasteiger partial charge >= 0.3 is 0 Å². The van der Waals surface area contributed by atoms with Gasteiger partial charge in [0.15, 0.2) is 0 Å². The highest BCUT2D eigenvalue weighted by Gasteiger charge is 2.46. The van der Waals surface area contributed by atoms with E-state index in [4.69, 9.17) is 16.3 Å². The predicted molar refractivity (Wildman–Crippen MR) is 131 cm³/mol. The molecule has 1 aromatic heterocycles. The number of carbonyl (C=O) groups is 2. The van der Waals surface area contributed by atoms with Gasteiger partial charge in [-0.15, -0.1) is 11.3 Å². The lowest BCUT2D eigenvalue weighted by molar-refractivity contribution is -0.140. The molecule has 1 amide bonds. The van der Waals surface area contributed by atoms with Gasteiger partial charge in [0.05, 0.1) is 25.3 Å². The van der Waals surface area contributed by atoms with Crippen molar-refractivity contribution >= 4 is 40.4 Å². The lowest BCUT2D eigenvalue weighted by atomic mass is 9.93. The second-order valence-corrected chi connectivity index (χ2v) is 9.64. The zero-order valence-corrected chi connectivity index (χ0v) is 20.1. The van der Waals surface area contributed by atoms with Gasteiger partial charge in [-0.1, -0.05) is 43.6 Å². The maximum Gasteiger partial charge on any atom is 0.295 e. The average Bonchev–Trinajstić information content (AvgIpc) is 3.41. The number of Topliss-reactive ketones (excluding diaryl/α,β-unsaturated/α-hetero) is 1. The number of ketones is 1. The summed E-state index contributed by atoms with van der Waals surface area (Å²) in [7, 11) is 1.59. The molecule has 0 spiro atoms. The minimum atomic E-state index is -0.728. The van der Waals surface area contributed by atoms with Crippen LogP contribution in [0.2, 0.25) is 5.02 Å². The first-order valence-electron chi connectivity index (χ1n) is 10.6. The van der Waals surface area contributed by atoms with E-state index in [9.17, 15) is 14.7 Å². The number of thiophene rings is 1. The highest BCUT2D eigenvalue weighted by Crippen LogP contribution is 2.41. The van der Waals surface area contributed by atoms with Gasteiger partial charge in [-0.25, -0.2) is 0 Å². The topological polar surface area (TPSA) is 66.8 Å². The highest BCUT2D eigenvalue weighted by molar-refractivity contribution is 7.09. The fourth-order valence-electron chi connectivity index (χ4n) is 4.09. The molecule has 7 heteroatoms. The fourth-order valence-corrected chi connectivity index (χ4v) is 4.92. The van der Waals surface area contributed by atoms with Crippen LogP contribution in [-0.4, -0.2) is 28.8 Å². The SMILES string of the molecule is COc1ccc(/C(O)=C2/C(=O)C(=O)N(Cc3cccs3)C2c2ccc(Cl)cc2)cc1C(C)C. The summed E-state index contributed by atoms with van der Waals surface area (Å²) in [4.78, 5) is 28.7. The normalized spacial score (nSPS) is 17.7. The number of methoxy groups -OCH3 is 1. The van der Waals surface area contributed by atoms with Gasteiger partial charge in [-0.3, -0.25) is 9.59 Å². The Labute approximate surface area is 201 Å². The van der Waals surface area contributed by atoms with Crippen molar-refractivity contribution in [3.63, 3.8) is 0 Å². The van der Waals surface area contributed by atoms with Gasteiger partial charge < -0.3 is 14.7 Å². The third-order valence-corrected chi connectivity index (χ3v) is 6.87. The maximum absolute atomic E-state index is 13.2. The van der Waals surface area contributed by atoms with E-state index < -0.39 is 17.7 Å². The van der Waals surface area contributed by atoms with Crippen LogP contribution in [0, 0.1) is 0 Å². The summed E-state index contributed by atoms with van der Waals surface area (Å²) < 4.78 is 5.44. The van der Waals surface area contributed by atoms with Crippen molar-refractivity contribution in [2.75, 3.05) is 7.11 Å². The third kappa shape index (κ3) is 4.41. The van der Waals surface area contributed by atoms with Crippen LogP contribution in [0.5, 0.6) is 5.75 Å². The summed E-state index contributed by atoms with van der Waals surface area (Å²) in [5.74, 6) is -0.699. The van der Waals surface area contributed by atoms with Gasteiger partial charge in [0.25, 0.3) is 11.7 Å². The summed E-state index contributed by atoms with van der Waals surface area (Å²) in [6, 6.07) is 15.4. The molecular formula is C26H24ClNO4S. The van der Waals surface area contributed by atoms with Crippen LogP contribution in [0.25, 0.3) is 5.76 Å². The van der Waals surface area contributed by atoms with Crippen LogP contribution in [0.15, 0.2) is 65.6 Å². The van der Waals surface area contributed by atoms with E-state index in [-0.39, 0.29) is 23.8 Å². The van der Waals surface area contributed by atoms with Crippen molar-refractivity contribution in [3.05, 3.63) is 92.1 Å². The zero-order valence-electron chi connectivity index (χ0n) is 18.5. The molecule has 1 fully saturated rings. The molecular weight excluding hydrogens is 458 g/mol. The lowest BCUT2D eigenvalue weighted by Gasteiger charge is -2.25. The predicted octanol–water partition coefficient (Wildman–Crippen LogP) is 6.16. The molecule has 2 aromatic carbocycles. The largest absolute Gasteiger partial charge is 0.507 e. The van der Waals surface area contributed by atoms with Crippen LogP contribution in [0.1, 0.15) is 47.4 Å². The van der Waals surface area contributed by atoms with Crippen molar-refractivity contribution in [2.45, 2.75) is 32.4 Å². The van der Waals surface area contributed by atoms with Crippen LogP contribution in [0.3, 0.4) is 0 Å². The maximum atomic E-state index is 13.2. The first-order chi connectivity index (χ1) is 15.8. The molecule has 33 heavy (non-hydrogen) atoms. The third-order valence-electron chi connectivity index (χ3n) is 5.76. The molecule has 0 aliphatic carbocycles. The number of aliphatic hydroxyl groups is 1. The molecule has 1 N–H and O–H groups in total. The molecule has 5 nitrogen and oxygen atoms in total. The van der Waals surface area contributed by atoms with Crippen molar-refractivity contribution < 1.29 is 19.4 Å². The van der Waals surface area contributed by atoms with Crippen molar-refractivity contribution in [1.82, 2.24) is 4.90 Å². The first-order valence-corrected chi connectivity index (χ1v) is 11.8. The van der Waals surface area contributed by atoms with Crippen molar-refractivity contribution in [1.29, 1.82) is 0 Å². The van der Waals surface area contributed by atoms with Gasteiger partial charge in [-0.05, 0) is 58.8 Å². The second-order valence-electron chi connectivity index (χ2n) is 8.17. The number of benzene rings is 2. The molecule has 0 saturated carbocycles. The van der Waals surface area contributed by atoms with E-state index in [1.807, 2.05) is 37.4 Å². The number of halogens is 1. The average molecular weight is 482 g/mol. The number of carbonyl (C=O) groups excluding carboxylic acids is 2. The number of ether oxygens (including phenoxy) is 1. The highest BCUT2D eigenvalue weighted by atomic mass is 35.5. The Morgan fingerprint density at radius 2 is 1.88 bits per heavy atom. The van der Waals surface area contributed by atoms with E-state index in [0.717, 1.165) is 10.4 Å². The molecule has 3 aromatic rings. The van der Waals surface area contributed by atoms with Crippen molar-refractivity contribution in [2.24, 2.45) is 0 Å². The number of nitrogens with zero attached hydrogens (tertiary/aromatic N) is 1. The minimum Gasteiger partial charge on any atom is -0.507 e. The molecule has 4 rings (SSSR count). The monoisotopic (exact) mass is 481 g/mol. The molecule has 1 unspecified atom stereocenters. The van der Waals surface area contributed by atoms with Gasteiger partial charge in [0.1, 0.15) is 11.5 Å². The quantitative estimate of drug-likeness (QED) is 0.260. The van der Waals surface area contributed by atoms with E-state index in [1.165, 1.54) is 16.2 Å². The number of hydrogen-bond donors (Lipinski definition) is 1.